The third kappa shape index (κ3) is 4.61. The van der Waals surface area contributed by atoms with Crippen molar-refractivity contribution in [2.24, 2.45) is 5.73 Å². The topological polar surface area (TPSA) is 140 Å². The number of carbonyl (C=O) groups excluding carboxylic acids is 1. The van der Waals surface area contributed by atoms with Crippen LogP contribution in [0.2, 0.25) is 0 Å². The van der Waals surface area contributed by atoms with Gasteiger partial charge in [-0.3, -0.25) is 4.79 Å². The van der Waals surface area contributed by atoms with E-state index in [1.165, 1.54) is 0 Å². The van der Waals surface area contributed by atoms with Crippen LogP contribution in [0, 0.1) is 0 Å². The van der Waals surface area contributed by atoms with Gasteiger partial charge < -0.3 is 16.4 Å². The molecule has 0 bridgehead atoms. The van der Waals surface area contributed by atoms with E-state index in [2.05, 4.69) is 25.8 Å². The Morgan fingerprint density at radius 3 is 2.22 bits per heavy atom. The first-order chi connectivity index (χ1) is 12.4. The molecule has 1 aromatic carbocycles. The van der Waals surface area contributed by atoms with Gasteiger partial charge in [0, 0.05) is 11.7 Å². The smallest absolute Gasteiger partial charge is 0.366 e. The van der Waals surface area contributed by atoms with Crippen molar-refractivity contribution < 1.29 is 26.4 Å². The molecule has 1 amide bonds. The lowest BCUT2D eigenvalue weighted by molar-refractivity contribution is -0.0436. The van der Waals surface area contributed by atoms with Gasteiger partial charge in [-0.05, 0) is 38.1 Å². The third-order valence-electron chi connectivity index (χ3n) is 3.07. The number of aromatic nitrogens is 3. The summed E-state index contributed by atoms with van der Waals surface area (Å²) in [6.45, 7) is 3.58. The number of anilines is 3. The Bertz CT molecular complexity index is 946. The molecule has 13 heteroatoms. The van der Waals surface area contributed by atoms with Crippen LogP contribution in [0.3, 0.4) is 0 Å². The average molecular weight is 404 g/mol. The molecule has 0 atom stereocenters. The molecule has 0 aliphatic rings. The molecule has 2 aromatic rings. The molecule has 1 aromatic heterocycles. The summed E-state index contributed by atoms with van der Waals surface area (Å²) in [4.78, 5) is 14.5. The number of halogens is 3. The largest absolute Gasteiger partial charge is 0.501 e. The van der Waals surface area contributed by atoms with Crippen molar-refractivity contribution in [3.8, 4) is 0 Å². The van der Waals surface area contributed by atoms with Crippen LogP contribution in [-0.2, 0) is 9.84 Å². The van der Waals surface area contributed by atoms with Crippen LogP contribution in [-0.4, -0.2) is 41.1 Å². The third-order valence-corrected chi connectivity index (χ3v) is 4.57. The minimum Gasteiger partial charge on any atom is -0.366 e. The van der Waals surface area contributed by atoms with Gasteiger partial charge in [0.25, 0.3) is 15.7 Å². The van der Waals surface area contributed by atoms with Crippen LogP contribution in [0.4, 0.5) is 30.6 Å². The quantitative estimate of drug-likeness (QED) is 0.662. The van der Waals surface area contributed by atoms with E-state index in [4.69, 9.17) is 5.73 Å². The summed E-state index contributed by atoms with van der Waals surface area (Å²) >= 11 is 0. The summed E-state index contributed by atoms with van der Waals surface area (Å²) in [6.07, 6.45) is 0. The number of nitrogens with zero attached hydrogens (tertiary/aromatic N) is 3. The number of sulfone groups is 1. The van der Waals surface area contributed by atoms with Crippen molar-refractivity contribution in [2.75, 3.05) is 10.6 Å². The fourth-order valence-corrected chi connectivity index (χ4v) is 2.66. The number of amides is 1. The Labute approximate surface area is 152 Å². The fraction of sp³-hybridized carbons (Fsp3) is 0.286. The molecule has 0 aliphatic carbocycles. The van der Waals surface area contributed by atoms with Crippen LogP contribution in [0.15, 0.2) is 29.2 Å². The number of carbonyl (C=O) groups is 1. The van der Waals surface area contributed by atoms with Crippen LogP contribution in [0.25, 0.3) is 0 Å². The fourth-order valence-electron chi connectivity index (χ4n) is 1.90. The molecule has 0 spiro atoms. The van der Waals surface area contributed by atoms with Crippen molar-refractivity contribution in [3.63, 3.8) is 0 Å². The molecule has 1 heterocycles. The summed E-state index contributed by atoms with van der Waals surface area (Å²) in [5.41, 5.74) is -0.168. The summed E-state index contributed by atoms with van der Waals surface area (Å²) in [5, 5.41) is 12.8. The van der Waals surface area contributed by atoms with E-state index < -0.39 is 26.1 Å². The van der Waals surface area contributed by atoms with Crippen molar-refractivity contribution >= 4 is 33.2 Å². The van der Waals surface area contributed by atoms with E-state index in [0.29, 0.717) is 0 Å². The number of nitrogens with one attached hydrogen (secondary N) is 2. The molecule has 0 fully saturated rings. The minimum absolute atomic E-state index is 0.0745. The molecule has 27 heavy (non-hydrogen) atoms. The van der Waals surface area contributed by atoms with E-state index in [1.54, 1.807) is 13.8 Å². The molecule has 0 aliphatic heterocycles. The summed E-state index contributed by atoms with van der Waals surface area (Å²) < 4.78 is 60.3. The average Bonchev–Trinajstić information content (AvgIpc) is 2.53. The SMILES string of the molecule is CC(C)Nc1nc(Nc2ccc(S(=O)(=O)C(F)(F)F)cc2)nnc1C(N)=O. The van der Waals surface area contributed by atoms with E-state index in [0.717, 1.165) is 24.3 Å². The van der Waals surface area contributed by atoms with Gasteiger partial charge in [0.1, 0.15) is 0 Å². The Balaban J connectivity index is 2.28. The Morgan fingerprint density at radius 1 is 1.15 bits per heavy atom. The van der Waals surface area contributed by atoms with Crippen molar-refractivity contribution in [1.29, 1.82) is 0 Å². The Kier molecular flexibility index (Phi) is 5.54. The number of alkyl halides is 3. The van der Waals surface area contributed by atoms with Crippen molar-refractivity contribution in [3.05, 3.63) is 30.0 Å². The number of rotatable bonds is 6. The van der Waals surface area contributed by atoms with Crippen LogP contribution < -0.4 is 16.4 Å². The maximum atomic E-state index is 12.5. The number of hydrogen-bond acceptors (Lipinski definition) is 8. The maximum Gasteiger partial charge on any atom is 0.501 e. The molecule has 0 saturated heterocycles. The first-order valence-electron chi connectivity index (χ1n) is 7.41. The summed E-state index contributed by atoms with van der Waals surface area (Å²) in [5.74, 6) is -0.841. The predicted molar refractivity (Wildman–Crippen MR) is 90.1 cm³/mol. The second-order valence-electron chi connectivity index (χ2n) is 5.59. The molecule has 4 N–H and O–H groups in total. The lowest BCUT2D eigenvalue weighted by Gasteiger charge is -2.13. The molecule has 9 nitrogen and oxygen atoms in total. The Hall–Kier alpha value is -2.96. The van der Waals surface area contributed by atoms with Crippen LogP contribution in [0.1, 0.15) is 24.3 Å². The maximum absolute atomic E-state index is 12.5. The van der Waals surface area contributed by atoms with Crippen LogP contribution >= 0.6 is 0 Å². The molecular weight excluding hydrogens is 389 g/mol. The van der Waals surface area contributed by atoms with Crippen molar-refractivity contribution in [1.82, 2.24) is 15.2 Å². The van der Waals surface area contributed by atoms with E-state index in [-0.39, 0.29) is 29.2 Å². The van der Waals surface area contributed by atoms with Crippen molar-refractivity contribution in [2.45, 2.75) is 30.3 Å². The van der Waals surface area contributed by atoms with Gasteiger partial charge >= 0.3 is 5.51 Å². The molecular formula is C14H15F3N6O3S. The van der Waals surface area contributed by atoms with E-state index in [1.807, 2.05) is 0 Å². The highest BCUT2D eigenvalue weighted by Gasteiger charge is 2.46. The first kappa shape index (κ1) is 20.4. The number of primary amides is 1. The lowest BCUT2D eigenvalue weighted by Crippen LogP contribution is -2.23. The second kappa shape index (κ2) is 7.34. The second-order valence-corrected chi connectivity index (χ2v) is 7.54. The zero-order chi connectivity index (χ0) is 20.4. The molecule has 146 valence electrons. The van der Waals surface area contributed by atoms with Gasteiger partial charge in [-0.2, -0.15) is 18.2 Å². The number of nitrogens with two attached hydrogens (primary N) is 1. The standard InChI is InChI=1S/C14H15F3N6O3S/c1-7(2)19-12-10(11(18)24)22-23-13(21-12)20-8-3-5-9(6-4-8)27(25,26)14(15,16)17/h3-7H,1-2H3,(H2,18,24)(H2,19,20,21,23). The predicted octanol–water partition coefficient (Wildman–Crippen LogP) is 1.83. The summed E-state index contributed by atoms with van der Waals surface area (Å²) in [7, 11) is -5.43. The molecule has 0 saturated carbocycles. The molecule has 0 unspecified atom stereocenters. The highest BCUT2D eigenvalue weighted by atomic mass is 32.2. The first-order valence-corrected chi connectivity index (χ1v) is 8.89. The number of hydrogen-bond donors (Lipinski definition) is 3. The van der Waals surface area contributed by atoms with Gasteiger partial charge in [0.15, 0.2) is 11.5 Å². The van der Waals surface area contributed by atoms with Gasteiger partial charge in [-0.25, -0.2) is 8.42 Å². The highest BCUT2D eigenvalue weighted by Crippen LogP contribution is 2.31. The molecule has 0 radical (unpaired) electrons. The lowest BCUT2D eigenvalue weighted by atomic mass is 10.3. The summed E-state index contributed by atoms with van der Waals surface area (Å²) in [6, 6.07) is 3.71. The Morgan fingerprint density at radius 2 is 1.74 bits per heavy atom. The normalized spacial score (nSPS) is 12.1. The van der Waals surface area contributed by atoms with Gasteiger partial charge in [0.2, 0.25) is 5.95 Å². The van der Waals surface area contributed by atoms with Crippen LogP contribution in [0.5, 0.6) is 0 Å². The monoisotopic (exact) mass is 404 g/mol. The zero-order valence-electron chi connectivity index (χ0n) is 14.1. The van der Waals surface area contributed by atoms with Gasteiger partial charge in [-0.15, -0.1) is 10.2 Å². The zero-order valence-corrected chi connectivity index (χ0v) is 14.9. The van der Waals surface area contributed by atoms with E-state index >= 15 is 0 Å². The van der Waals surface area contributed by atoms with Gasteiger partial charge in [0.05, 0.1) is 4.90 Å². The highest BCUT2D eigenvalue weighted by molar-refractivity contribution is 7.92. The minimum atomic E-state index is -5.43. The van der Waals surface area contributed by atoms with Gasteiger partial charge in [-0.1, -0.05) is 0 Å². The number of benzene rings is 1. The van der Waals surface area contributed by atoms with E-state index in [9.17, 15) is 26.4 Å². The molecule has 2 rings (SSSR count).